The molecule has 0 fully saturated rings. The highest BCUT2D eigenvalue weighted by atomic mass is 28.3. The molecule has 0 saturated heterocycles. The van der Waals surface area contributed by atoms with Crippen LogP contribution in [0.4, 0.5) is 0 Å². The van der Waals surface area contributed by atoms with Crippen LogP contribution in [0.1, 0.15) is 276 Å². The number of nitrogens with zero attached hydrogens (tertiary/aromatic N) is 10. The number of hydrogen-bond acceptors (Lipinski definition) is 20. The number of Topliss-reactive ketones (excluding diaryl/α,β-unsaturated/α-hetero) is 6. The maximum Gasteiger partial charge on any atom is 0.143 e. The number of aliphatic imine (C=N–C) groups is 10. The van der Waals surface area contributed by atoms with Crippen LogP contribution in [0.15, 0.2) is 49.9 Å². The van der Waals surface area contributed by atoms with E-state index in [1.807, 2.05) is 90.1 Å². The predicted octanol–water partition coefficient (Wildman–Crippen LogP) is 23.1. The summed E-state index contributed by atoms with van der Waals surface area (Å²) in [5.41, 5.74) is 7.40. The minimum Gasteiger partial charge on any atom is -0.305 e. The second-order valence-corrected chi connectivity index (χ2v) is 69.1. The molecule has 26 heteroatoms. The molecule has 20 nitrogen and oxygen atoms in total. The van der Waals surface area contributed by atoms with E-state index in [4.69, 9.17) is 0 Å². The summed E-state index contributed by atoms with van der Waals surface area (Å²) >= 11 is 0. The topological polar surface area (TPSA) is 294 Å². The van der Waals surface area contributed by atoms with Crippen LogP contribution in [0.3, 0.4) is 0 Å². The molecule has 0 bridgehead atoms. The van der Waals surface area contributed by atoms with Crippen LogP contribution in [0.5, 0.6) is 0 Å². The Morgan fingerprint density at radius 3 is 0.754 bits per heavy atom. The van der Waals surface area contributed by atoms with E-state index in [1.54, 1.807) is 48.7 Å². The van der Waals surface area contributed by atoms with Crippen molar-refractivity contribution in [2.24, 2.45) is 66.7 Å². The molecule has 0 saturated carbocycles. The first-order valence-corrected chi connectivity index (χ1v) is 64.3. The van der Waals surface area contributed by atoms with Crippen molar-refractivity contribution in [1.82, 2.24) is 0 Å². The Kier molecular flexibility index (Phi) is 81.6. The van der Waals surface area contributed by atoms with Gasteiger partial charge in [0.25, 0.3) is 0 Å². The smallest absolute Gasteiger partial charge is 0.143 e. The van der Waals surface area contributed by atoms with E-state index in [1.165, 1.54) is 5.33 Å². The molecule has 688 valence electrons. The molecule has 0 rings (SSSR count). The fourth-order valence-electron chi connectivity index (χ4n) is 8.26. The second kappa shape index (κ2) is 72.2. The first-order chi connectivity index (χ1) is 53.3. The molecular formula is C92H186N10O10Si6. The largest absolute Gasteiger partial charge is 0.305 e. The Bertz CT molecular complexity index is 3160. The zero-order chi connectivity index (χ0) is 95.8. The zero-order valence-electron chi connectivity index (χ0n) is 85.7. The highest BCUT2D eigenvalue weighted by Crippen LogP contribution is 2.25. The monoisotopic (exact) mass is 1760 g/mol. The average molecular weight is 1760 g/mol. The molecule has 0 aliphatic heterocycles. The maximum absolute atomic E-state index is 12.1. The molecule has 0 aromatic heterocycles. The number of ketones is 6. The van der Waals surface area contributed by atoms with E-state index in [0.717, 1.165) is 135 Å². The molecule has 1 atom stereocenters. The highest BCUT2D eigenvalue weighted by Gasteiger charge is 2.32. The SMILES string of the molecule is CCCN=C(C)C(C)C(C)=O.CCCN=C(C)CC(=O)[Si](C)(C)C.CCCN=C(C)CC(C)=O.CCCN=C(C)CC(C)=O.CCCN=C(CC(=O)C(C)(C)C)C(C)(C)C.CCCN=C(CC(=O)[Si](C)(C)C)[Si](C)(C)C.CCN=C(C)CC(C)=O.CN=C(C)CC(=O)[Si](C)(C)C.CN=C(C)CC(C)=O.CN=C(CC(=O)[Si](C)(C)C)[Si](C)(C)C. The Morgan fingerprint density at radius 2 is 0.517 bits per heavy atom. The summed E-state index contributed by atoms with van der Waals surface area (Å²) in [6, 6.07) is 0. The molecule has 0 heterocycles. The minimum absolute atomic E-state index is 0.00144. The first-order valence-electron chi connectivity index (χ1n) is 43.3. The van der Waals surface area contributed by atoms with Gasteiger partial charge >= 0.3 is 0 Å². The molecular weight excluding hydrogens is 1570 g/mol. The van der Waals surface area contributed by atoms with E-state index >= 15 is 0 Å². The molecule has 0 radical (unpaired) electrons. The van der Waals surface area contributed by atoms with Gasteiger partial charge < -0.3 is 24.2 Å². The van der Waals surface area contributed by atoms with Gasteiger partial charge in [0.1, 0.15) is 88.6 Å². The van der Waals surface area contributed by atoms with Gasteiger partial charge in [-0.3, -0.25) is 73.7 Å². The number of rotatable bonds is 39. The molecule has 0 N–H and O–H groups in total. The van der Waals surface area contributed by atoms with Gasteiger partial charge in [0.2, 0.25) is 0 Å². The van der Waals surface area contributed by atoms with E-state index in [2.05, 4.69) is 230 Å². The molecule has 1 unspecified atom stereocenters. The normalized spacial score (nSPS) is 13.2. The van der Waals surface area contributed by atoms with Crippen molar-refractivity contribution in [1.29, 1.82) is 0 Å². The number of carbonyl (C=O) groups is 10. The summed E-state index contributed by atoms with van der Waals surface area (Å²) in [7, 11) is -3.96. The zero-order valence-corrected chi connectivity index (χ0v) is 91.7. The number of hydrogen-bond donors (Lipinski definition) is 0. The van der Waals surface area contributed by atoms with Crippen molar-refractivity contribution >= 4 is 161 Å². The van der Waals surface area contributed by atoms with Gasteiger partial charge in [0.05, 0.1) is 22.1 Å². The molecule has 0 aliphatic rings. The minimum atomic E-state index is -1.64. The lowest BCUT2D eigenvalue weighted by molar-refractivity contribution is -0.125. The van der Waals surface area contributed by atoms with Crippen molar-refractivity contribution in [2.75, 3.05) is 67.0 Å². The van der Waals surface area contributed by atoms with Gasteiger partial charge in [-0.15, -0.1) is 0 Å². The van der Waals surface area contributed by atoms with Crippen molar-refractivity contribution < 1.29 is 47.9 Å². The molecule has 0 aromatic rings. The van der Waals surface area contributed by atoms with Gasteiger partial charge in [0, 0.05) is 192 Å². The fraction of sp³-hybridized carbons (Fsp3) is 0.783. The molecule has 118 heavy (non-hydrogen) atoms. The van der Waals surface area contributed by atoms with Crippen LogP contribution in [0, 0.1) is 16.7 Å². The number of carbonyl (C=O) groups excluding carboxylic acids is 10. The maximum atomic E-state index is 12.1. The third kappa shape index (κ3) is 93.0. The van der Waals surface area contributed by atoms with Gasteiger partial charge in [0.15, 0.2) is 0 Å². The standard InChI is InChI=1S/C14H27NO.C12H27NOSi2.C10H23NOSi2.C10H21NOSi.C9H17NO.C8H17NOSi.2C8H15NO.C7H13NO.C6H11NO/c1-8-9-15-11(13(2,3)4)10-12(16)14(5,6)7;1-8-9-13-11(15(2,3)4)10-12(14)16(5,6)7;1-11-9(13(2,3)4)8-10(12)14(5,6)7;1-6-7-11-9(2)8-10(12)13(3,4)5;1-5-6-10-8(3)7(2)9(4)11;1-7(9-2)6-8(10)11(3,4)5;2*1-4-5-9-7(2)6-8(3)10;1-4-8-6(2)5-7(3)9;1-5(7-3)4-6(2)8/h2*8-10H2,1-7H3;8H2,1-7H3;6-8H2,1-5H3;7H,5-6H2,1-4H3;6H2,1-5H3;2*4-6H2,1-3H3;4-5H2,1-3H3;4H2,1-3H3. The van der Waals surface area contributed by atoms with Gasteiger partial charge in [-0.2, -0.15) is 0 Å². The Morgan fingerprint density at radius 1 is 0.271 bits per heavy atom. The molecule has 0 aromatic carbocycles. The Balaban J connectivity index is -0.000000138. The van der Waals surface area contributed by atoms with E-state index in [-0.39, 0.29) is 51.4 Å². The summed E-state index contributed by atoms with van der Waals surface area (Å²) in [4.78, 5) is 154. The van der Waals surface area contributed by atoms with Crippen molar-refractivity contribution in [2.45, 2.75) is 394 Å². The van der Waals surface area contributed by atoms with E-state index in [0.29, 0.717) is 79.4 Å². The van der Waals surface area contributed by atoms with Crippen LogP contribution in [0.2, 0.25) is 118 Å². The lowest BCUT2D eigenvalue weighted by atomic mass is 9.81. The van der Waals surface area contributed by atoms with Crippen LogP contribution < -0.4 is 0 Å². The van der Waals surface area contributed by atoms with Crippen molar-refractivity contribution in [3.8, 4) is 0 Å². The Hall–Kier alpha value is -5.30. The van der Waals surface area contributed by atoms with Crippen LogP contribution >= 0.6 is 0 Å². The molecule has 0 aliphatic carbocycles. The van der Waals surface area contributed by atoms with Gasteiger partial charge in [-0.05, 0) is 129 Å². The average Bonchev–Trinajstić information content (AvgIpc) is 0.864. The summed E-state index contributed by atoms with van der Waals surface area (Å²) in [6.45, 7) is 94.5. The third-order valence-electron chi connectivity index (χ3n) is 16.8. The summed E-state index contributed by atoms with van der Waals surface area (Å²) in [5.74, 6) is 1.22. The lowest BCUT2D eigenvalue weighted by Crippen LogP contribution is -2.41. The highest BCUT2D eigenvalue weighted by molar-refractivity contribution is 7.10. The van der Waals surface area contributed by atoms with E-state index in [9.17, 15) is 47.9 Å². The first kappa shape index (κ1) is 133. The van der Waals surface area contributed by atoms with Crippen LogP contribution in [-0.2, 0) is 47.9 Å². The van der Waals surface area contributed by atoms with Crippen molar-refractivity contribution in [3.05, 3.63) is 0 Å². The van der Waals surface area contributed by atoms with Crippen molar-refractivity contribution in [3.63, 3.8) is 0 Å². The Labute approximate surface area is 732 Å². The summed E-state index contributed by atoms with van der Waals surface area (Å²) < 4.78 is 0. The quantitative estimate of drug-likeness (QED) is 0.0414. The van der Waals surface area contributed by atoms with Crippen LogP contribution in [0.25, 0.3) is 0 Å². The van der Waals surface area contributed by atoms with Gasteiger partial charge in [-0.1, -0.05) is 208 Å². The molecule has 0 amide bonds. The lowest BCUT2D eigenvalue weighted by Gasteiger charge is -2.24. The molecule has 0 spiro atoms. The second-order valence-electron chi connectivity index (χ2n) is 38.7. The third-order valence-corrected chi connectivity index (χ3v) is 28.4. The summed E-state index contributed by atoms with van der Waals surface area (Å²) in [5, 5.41) is 4.04. The fourth-order valence-corrected chi connectivity index (χ4v) is 14.2. The van der Waals surface area contributed by atoms with Gasteiger partial charge in [-0.25, -0.2) is 0 Å². The van der Waals surface area contributed by atoms with Crippen LogP contribution in [-0.4, -0.2) is 228 Å². The van der Waals surface area contributed by atoms with E-state index < -0.39 is 48.4 Å². The predicted molar refractivity (Wildman–Crippen MR) is 541 cm³/mol. The summed E-state index contributed by atoms with van der Waals surface area (Å²) in [6.07, 6.45) is 11.1.